The highest BCUT2D eigenvalue weighted by molar-refractivity contribution is 5.91. The molecule has 0 heterocycles. The van der Waals surface area contributed by atoms with E-state index in [1.54, 1.807) is 0 Å². The predicted octanol–water partition coefficient (Wildman–Crippen LogP) is 3.91. The normalized spacial score (nSPS) is 10.5. The lowest BCUT2D eigenvalue weighted by Gasteiger charge is -2.10. The first-order chi connectivity index (χ1) is 10.7. The Morgan fingerprint density at radius 2 is 1.50 bits per heavy atom. The summed E-state index contributed by atoms with van der Waals surface area (Å²) in [5, 5.41) is 8.30. The number of ether oxygens (including phenoxy) is 3. The molecule has 0 N–H and O–H groups in total. The Kier molecular flexibility index (Phi) is 5.08. The van der Waals surface area contributed by atoms with Gasteiger partial charge in [0, 0.05) is 0 Å². The molecule has 0 saturated heterocycles. The number of nitrogens with zero attached hydrogens (tertiary/aromatic N) is 2. The molecule has 0 aliphatic heterocycles. The van der Waals surface area contributed by atoms with E-state index in [4.69, 9.17) is 14.2 Å². The molecule has 0 aliphatic rings. The predicted molar refractivity (Wildman–Crippen MR) is 81.5 cm³/mol. The largest absolute Gasteiger partial charge is 0.494 e. The summed E-state index contributed by atoms with van der Waals surface area (Å²) < 4.78 is 15.2. The average molecular weight is 300 g/mol. The molecule has 6 heteroatoms. The second kappa shape index (κ2) is 7.21. The van der Waals surface area contributed by atoms with Crippen LogP contribution in [0.2, 0.25) is 0 Å². The van der Waals surface area contributed by atoms with Gasteiger partial charge in [-0.1, -0.05) is 18.2 Å². The number of hydrogen-bond donors (Lipinski definition) is 0. The maximum absolute atomic E-state index is 11.7. The van der Waals surface area contributed by atoms with Crippen LogP contribution < -0.4 is 9.47 Å². The fourth-order valence-corrected chi connectivity index (χ4v) is 1.83. The summed E-state index contributed by atoms with van der Waals surface area (Å²) in [6, 6.07) is 12.3. The number of azo groups is 1. The summed E-state index contributed by atoms with van der Waals surface area (Å²) in [6.07, 6.45) is 0. The fourth-order valence-electron chi connectivity index (χ4n) is 1.83. The van der Waals surface area contributed by atoms with Gasteiger partial charge < -0.3 is 14.2 Å². The van der Waals surface area contributed by atoms with Gasteiger partial charge in [-0.15, -0.1) is 5.11 Å². The molecule has 22 heavy (non-hydrogen) atoms. The highest BCUT2D eigenvalue weighted by Gasteiger charge is 2.16. The Morgan fingerprint density at radius 1 is 0.909 bits per heavy atom. The molecule has 0 aliphatic carbocycles. The smallest absolute Gasteiger partial charge is 0.338 e. The van der Waals surface area contributed by atoms with Gasteiger partial charge in [-0.3, -0.25) is 0 Å². The van der Waals surface area contributed by atoms with Crippen molar-refractivity contribution in [1.82, 2.24) is 0 Å². The van der Waals surface area contributed by atoms with E-state index in [0.29, 0.717) is 28.4 Å². The molecular weight excluding hydrogens is 284 g/mol. The van der Waals surface area contributed by atoms with Crippen molar-refractivity contribution in [3.63, 3.8) is 0 Å². The summed E-state index contributed by atoms with van der Waals surface area (Å²) >= 11 is 0. The minimum Gasteiger partial charge on any atom is -0.494 e. The zero-order valence-electron chi connectivity index (χ0n) is 12.6. The summed E-state index contributed by atoms with van der Waals surface area (Å²) in [4.78, 5) is 11.7. The lowest BCUT2D eigenvalue weighted by Crippen LogP contribution is -2.02. The number of carbonyl (C=O) groups is 1. The van der Waals surface area contributed by atoms with Crippen LogP contribution in [0.15, 0.2) is 52.7 Å². The molecule has 2 aromatic rings. The van der Waals surface area contributed by atoms with E-state index in [1.807, 2.05) is 30.3 Å². The lowest BCUT2D eigenvalue weighted by atomic mass is 10.1. The molecule has 0 unspecified atom stereocenters. The van der Waals surface area contributed by atoms with E-state index in [0.717, 1.165) is 0 Å². The number of carbonyl (C=O) groups excluding carboxylic acids is 1. The first kappa shape index (κ1) is 15.5. The number of benzene rings is 2. The molecule has 0 atom stereocenters. The van der Waals surface area contributed by atoms with Crippen LogP contribution in [0.4, 0.5) is 11.4 Å². The third kappa shape index (κ3) is 3.41. The Bertz CT molecular complexity index is 659. The van der Waals surface area contributed by atoms with Crippen molar-refractivity contribution >= 4 is 17.3 Å². The number of hydrogen-bond acceptors (Lipinski definition) is 6. The van der Waals surface area contributed by atoms with Crippen molar-refractivity contribution in [3.05, 3.63) is 48.0 Å². The molecule has 0 radical (unpaired) electrons. The van der Waals surface area contributed by atoms with Crippen molar-refractivity contribution < 1.29 is 19.0 Å². The van der Waals surface area contributed by atoms with E-state index in [-0.39, 0.29) is 0 Å². The number of esters is 1. The summed E-state index contributed by atoms with van der Waals surface area (Å²) in [5.41, 5.74) is 1.42. The maximum Gasteiger partial charge on any atom is 0.338 e. The van der Waals surface area contributed by atoms with Gasteiger partial charge in [0.2, 0.25) is 0 Å². The molecular formula is C16H16N2O4. The molecule has 6 nitrogen and oxygen atoms in total. The highest BCUT2D eigenvalue weighted by atomic mass is 16.5. The van der Waals surface area contributed by atoms with Gasteiger partial charge in [0.1, 0.15) is 0 Å². The van der Waals surface area contributed by atoms with Gasteiger partial charge in [0.25, 0.3) is 0 Å². The molecule has 0 amide bonds. The van der Waals surface area contributed by atoms with Gasteiger partial charge in [0.15, 0.2) is 17.2 Å². The molecule has 0 fully saturated rings. The average Bonchev–Trinajstić information content (AvgIpc) is 2.59. The van der Waals surface area contributed by atoms with Gasteiger partial charge in [0.05, 0.1) is 32.6 Å². The summed E-state index contributed by atoms with van der Waals surface area (Å²) in [6.45, 7) is 0. The van der Waals surface area contributed by atoms with Crippen molar-refractivity contribution in [2.24, 2.45) is 10.2 Å². The molecule has 0 aromatic heterocycles. The van der Waals surface area contributed by atoms with Crippen molar-refractivity contribution in [2.45, 2.75) is 0 Å². The topological polar surface area (TPSA) is 69.5 Å². The van der Waals surface area contributed by atoms with Crippen LogP contribution >= 0.6 is 0 Å². The number of methoxy groups -OCH3 is 3. The van der Waals surface area contributed by atoms with E-state index >= 15 is 0 Å². The van der Waals surface area contributed by atoms with Crippen LogP contribution in [0.3, 0.4) is 0 Å². The Labute approximate surface area is 128 Å². The Morgan fingerprint density at radius 3 is 2.00 bits per heavy atom. The third-order valence-corrected chi connectivity index (χ3v) is 2.92. The first-order valence-electron chi connectivity index (χ1n) is 6.50. The minimum absolute atomic E-state index is 0.315. The van der Waals surface area contributed by atoms with Crippen LogP contribution in [-0.4, -0.2) is 27.3 Å². The van der Waals surface area contributed by atoms with Crippen molar-refractivity contribution in [1.29, 1.82) is 0 Å². The first-order valence-corrected chi connectivity index (χ1v) is 6.50. The lowest BCUT2D eigenvalue weighted by molar-refractivity contribution is 0.0600. The van der Waals surface area contributed by atoms with Crippen LogP contribution in [0, 0.1) is 0 Å². The van der Waals surface area contributed by atoms with Crippen molar-refractivity contribution in [3.8, 4) is 11.5 Å². The maximum atomic E-state index is 11.7. The minimum atomic E-state index is -0.483. The number of rotatable bonds is 5. The SMILES string of the molecule is COC(=O)c1cc(OC)c(N=Nc2ccccc2)c(OC)c1. The zero-order valence-corrected chi connectivity index (χ0v) is 12.6. The molecule has 0 spiro atoms. The van der Waals surface area contributed by atoms with E-state index in [9.17, 15) is 4.79 Å². The molecule has 2 rings (SSSR count). The van der Waals surface area contributed by atoms with Crippen molar-refractivity contribution in [2.75, 3.05) is 21.3 Å². The van der Waals surface area contributed by atoms with E-state index in [2.05, 4.69) is 10.2 Å². The summed E-state index contributed by atoms with van der Waals surface area (Å²) in [7, 11) is 4.28. The highest BCUT2D eigenvalue weighted by Crippen LogP contribution is 2.39. The standard InChI is InChI=1S/C16H16N2O4/c1-20-13-9-11(16(19)22-3)10-14(21-2)15(13)18-17-12-7-5-4-6-8-12/h4-10H,1-3H3. The monoisotopic (exact) mass is 300 g/mol. The van der Waals surface area contributed by atoms with Gasteiger partial charge in [-0.25, -0.2) is 4.79 Å². The Balaban J connectivity index is 2.45. The molecule has 114 valence electrons. The summed E-state index contributed by atoms with van der Waals surface area (Å²) in [5.74, 6) is 0.266. The Hall–Kier alpha value is -2.89. The van der Waals surface area contributed by atoms with E-state index < -0.39 is 5.97 Å². The van der Waals surface area contributed by atoms with E-state index in [1.165, 1.54) is 33.5 Å². The van der Waals surface area contributed by atoms with Gasteiger partial charge in [-0.2, -0.15) is 5.11 Å². The molecule has 0 saturated carbocycles. The van der Waals surface area contributed by atoms with Crippen LogP contribution in [0.25, 0.3) is 0 Å². The quantitative estimate of drug-likeness (QED) is 0.620. The zero-order chi connectivity index (χ0) is 15.9. The van der Waals surface area contributed by atoms with Crippen LogP contribution in [-0.2, 0) is 4.74 Å². The second-order valence-electron chi connectivity index (χ2n) is 4.26. The third-order valence-electron chi connectivity index (χ3n) is 2.92. The van der Waals surface area contributed by atoms with Crippen LogP contribution in [0.1, 0.15) is 10.4 Å². The molecule has 0 bridgehead atoms. The van der Waals surface area contributed by atoms with Gasteiger partial charge >= 0.3 is 5.97 Å². The fraction of sp³-hybridized carbons (Fsp3) is 0.188. The van der Waals surface area contributed by atoms with Gasteiger partial charge in [-0.05, 0) is 24.3 Å². The molecule has 2 aromatic carbocycles. The van der Waals surface area contributed by atoms with Crippen LogP contribution in [0.5, 0.6) is 11.5 Å². The second-order valence-corrected chi connectivity index (χ2v) is 4.26.